The molecule has 0 aliphatic rings. The molecule has 29 heavy (non-hydrogen) atoms. The van der Waals surface area contributed by atoms with E-state index in [2.05, 4.69) is 25.5 Å². The van der Waals surface area contributed by atoms with Gasteiger partial charge in [-0.2, -0.15) is 18.3 Å². The van der Waals surface area contributed by atoms with Crippen molar-refractivity contribution in [2.45, 2.75) is 12.6 Å². The quantitative estimate of drug-likeness (QED) is 0.470. The van der Waals surface area contributed by atoms with Crippen LogP contribution in [0.5, 0.6) is 0 Å². The summed E-state index contributed by atoms with van der Waals surface area (Å²) in [6, 6.07) is 8.66. The van der Waals surface area contributed by atoms with Crippen LogP contribution in [-0.2, 0) is 12.6 Å². The molecule has 0 atom stereocenters. The highest BCUT2D eigenvalue weighted by atomic mass is 19.4. The summed E-state index contributed by atoms with van der Waals surface area (Å²) in [6.07, 6.45) is 0.622. The minimum atomic E-state index is -4.72. The predicted molar refractivity (Wildman–Crippen MR) is 101 cm³/mol. The number of benzene rings is 2. The van der Waals surface area contributed by atoms with E-state index < -0.39 is 17.6 Å². The van der Waals surface area contributed by atoms with E-state index in [-0.39, 0.29) is 6.42 Å². The molecule has 0 saturated heterocycles. The normalized spacial score (nSPS) is 11.7. The Bertz CT molecular complexity index is 1140. The fourth-order valence-corrected chi connectivity index (χ4v) is 2.96. The number of aromatic amines is 1. The molecule has 148 valence electrons. The number of alkyl halides is 3. The molecule has 5 nitrogen and oxygen atoms in total. The largest absolute Gasteiger partial charge is 0.419 e. The van der Waals surface area contributed by atoms with E-state index in [1.54, 1.807) is 18.6 Å². The zero-order valence-electron chi connectivity index (χ0n) is 15.0. The van der Waals surface area contributed by atoms with Gasteiger partial charge in [0.2, 0.25) is 0 Å². The summed E-state index contributed by atoms with van der Waals surface area (Å²) in [5.41, 5.74) is 2.41. The number of hydrogen-bond acceptors (Lipinski definition) is 4. The van der Waals surface area contributed by atoms with Crippen LogP contribution in [0.25, 0.3) is 22.2 Å². The van der Waals surface area contributed by atoms with E-state index in [1.165, 1.54) is 6.07 Å². The monoisotopic (exact) mass is 401 g/mol. The highest BCUT2D eigenvalue weighted by Crippen LogP contribution is 2.32. The van der Waals surface area contributed by atoms with Gasteiger partial charge in [-0.25, -0.2) is 9.37 Å². The van der Waals surface area contributed by atoms with Crippen molar-refractivity contribution < 1.29 is 17.6 Å². The lowest BCUT2D eigenvalue weighted by Crippen LogP contribution is -2.11. The molecule has 0 aliphatic carbocycles. The van der Waals surface area contributed by atoms with Gasteiger partial charge in [0.25, 0.3) is 0 Å². The molecule has 2 N–H and O–H groups in total. The Morgan fingerprint density at radius 1 is 0.966 bits per heavy atom. The number of halogens is 4. The van der Waals surface area contributed by atoms with Crippen molar-refractivity contribution in [2.24, 2.45) is 0 Å². The number of aromatic nitrogens is 4. The van der Waals surface area contributed by atoms with Crippen LogP contribution in [-0.4, -0.2) is 26.7 Å². The smallest absolute Gasteiger partial charge is 0.368 e. The molecule has 4 rings (SSSR count). The second-order valence-corrected chi connectivity index (χ2v) is 6.43. The number of nitrogens with zero attached hydrogens (tertiary/aromatic N) is 3. The second kappa shape index (κ2) is 7.50. The first-order valence-corrected chi connectivity index (χ1v) is 8.75. The van der Waals surface area contributed by atoms with Crippen LogP contribution >= 0.6 is 0 Å². The molecular formula is C20H15F4N5. The van der Waals surface area contributed by atoms with Gasteiger partial charge in [-0.05, 0) is 41.8 Å². The van der Waals surface area contributed by atoms with E-state index in [0.717, 1.165) is 23.3 Å². The van der Waals surface area contributed by atoms with E-state index in [1.807, 2.05) is 18.2 Å². The molecule has 4 aromatic rings. The van der Waals surface area contributed by atoms with Gasteiger partial charge in [0.1, 0.15) is 11.6 Å². The number of H-pyrrole nitrogens is 1. The zero-order chi connectivity index (χ0) is 20.4. The highest BCUT2D eigenvalue weighted by Gasteiger charge is 2.34. The minimum absolute atomic E-state index is 0.280. The van der Waals surface area contributed by atoms with Crippen molar-refractivity contribution in [3.8, 4) is 11.1 Å². The first-order chi connectivity index (χ1) is 13.9. The van der Waals surface area contributed by atoms with E-state index in [0.29, 0.717) is 29.0 Å². The number of rotatable bonds is 5. The van der Waals surface area contributed by atoms with Crippen molar-refractivity contribution in [3.63, 3.8) is 0 Å². The Balaban J connectivity index is 1.44. The number of hydrogen-bond donors (Lipinski definition) is 2. The topological polar surface area (TPSA) is 66.5 Å². The van der Waals surface area contributed by atoms with Crippen LogP contribution in [0.1, 0.15) is 11.1 Å². The summed E-state index contributed by atoms with van der Waals surface area (Å²) < 4.78 is 51.8. The van der Waals surface area contributed by atoms with Gasteiger partial charge in [-0.3, -0.25) is 10.1 Å². The van der Waals surface area contributed by atoms with E-state index >= 15 is 0 Å². The molecule has 0 radical (unpaired) electrons. The lowest BCUT2D eigenvalue weighted by Gasteiger charge is -2.11. The van der Waals surface area contributed by atoms with Crippen LogP contribution in [0.2, 0.25) is 0 Å². The molecule has 0 unspecified atom stereocenters. The molecular weight excluding hydrogens is 386 g/mol. The molecule has 2 aromatic heterocycles. The van der Waals surface area contributed by atoms with Gasteiger partial charge in [0, 0.05) is 18.3 Å². The average molecular weight is 401 g/mol. The van der Waals surface area contributed by atoms with Gasteiger partial charge in [0.15, 0.2) is 0 Å². The molecule has 0 saturated carbocycles. The summed E-state index contributed by atoms with van der Waals surface area (Å²) in [4.78, 5) is 8.84. The summed E-state index contributed by atoms with van der Waals surface area (Å²) in [7, 11) is 0. The molecule has 0 spiro atoms. The van der Waals surface area contributed by atoms with Crippen LogP contribution in [0.3, 0.4) is 0 Å². The van der Waals surface area contributed by atoms with Gasteiger partial charge in [0.05, 0.1) is 29.0 Å². The average Bonchev–Trinajstić information content (AvgIpc) is 3.23. The van der Waals surface area contributed by atoms with E-state index in [9.17, 15) is 17.6 Å². The molecule has 0 amide bonds. The first kappa shape index (κ1) is 18.9. The lowest BCUT2D eigenvalue weighted by molar-refractivity contribution is -0.140. The third-order valence-corrected chi connectivity index (χ3v) is 4.43. The second-order valence-electron chi connectivity index (χ2n) is 6.43. The van der Waals surface area contributed by atoms with Crippen molar-refractivity contribution in [1.82, 2.24) is 20.2 Å². The molecule has 9 heteroatoms. The van der Waals surface area contributed by atoms with Crippen LogP contribution in [0.15, 0.2) is 55.0 Å². The predicted octanol–water partition coefficient (Wildman–Crippen LogP) is 4.83. The van der Waals surface area contributed by atoms with Gasteiger partial charge in [-0.1, -0.05) is 12.1 Å². The fraction of sp³-hybridized carbons (Fsp3) is 0.150. The Kier molecular flexibility index (Phi) is 4.87. The van der Waals surface area contributed by atoms with Gasteiger partial charge in [-0.15, -0.1) is 0 Å². The van der Waals surface area contributed by atoms with Gasteiger partial charge >= 0.3 is 6.18 Å². The maximum absolute atomic E-state index is 13.4. The van der Waals surface area contributed by atoms with Crippen LogP contribution < -0.4 is 5.32 Å². The maximum atomic E-state index is 13.4. The summed E-state index contributed by atoms with van der Waals surface area (Å²) >= 11 is 0. The number of nitrogens with one attached hydrogen (secondary N) is 2. The SMILES string of the molecule is Fc1ccc(CCNc2cnc3cc(-c4cn[nH]c4)ccc3n2)cc1C(F)(F)F. The van der Waals surface area contributed by atoms with Crippen molar-refractivity contribution >= 4 is 16.9 Å². The third-order valence-electron chi connectivity index (χ3n) is 4.43. The van der Waals surface area contributed by atoms with Gasteiger partial charge < -0.3 is 5.32 Å². The molecule has 0 aliphatic heterocycles. The lowest BCUT2D eigenvalue weighted by atomic mass is 10.1. The van der Waals surface area contributed by atoms with Crippen molar-refractivity contribution in [2.75, 3.05) is 11.9 Å². The van der Waals surface area contributed by atoms with Crippen molar-refractivity contribution in [1.29, 1.82) is 0 Å². The Hall–Kier alpha value is -3.49. The Labute approximate surface area is 162 Å². The third kappa shape index (κ3) is 4.18. The summed E-state index contributed by atoms with van der Waals surface area (Å²) in [5.74, 6) is -0.767. The Morgan fingerprint density at radius 2 is 1.83 bits per heavy atom. The first-order valence-electron chi connectivity index (χ1n) is 8.75. The fourth-order valence-electron chi connectivity index (χ4n) is 2.96. The molecule has 2 heterocycles. The van der Waals surface area contributed by atoms with E-state index in [4.69, 9.17) is 0 Å². The summed E-state index contributed by atoms with van der Waals surface area (Å²) in [5, 5.41) is 9.72. The minimum Gasteiger partial charge on any atom is -0.368 e. The maximum Gasteiger partial charge on any atom is 0.419 e. The molecule has 0 bridgehead atoms. The standard InChI is InChI=1S/C20H15F4N5/c21-16-3-1-12(7-15(16)20(22,23)24)5-6-25-19-11-26-18-8-13(2-4-17(18)29-19)14-9-27-28-10-14/h1-4,7-11H,5-6H2,(H,25,29)(H,27,28). The molecule has 2 aromatic carbocycles. The van der Waals surface area contributed by atoms with Crippen LogP contribution in [0, 0.1) is 5.82 Å². The Morgan fingerprint density at radius 3 is 2.59 bits per heavy atom. The number of fused-ring (bicyclic) bond motifs is 1. The van der Waals surface area contributed by atoms with Crippen LogP contribution in [0.4, 0.5) is 23.4 Å². The summed E-state index contributed by atoms with van der Waals surface area (Å²) in [6.45, 7) is 0.330. The zero-order valence-corrected chi connectivity index (χ0v) is 15.0. The van der Waals surface area contributed by atoms with Crippen molar-refractivity contribution in [3.05, 3.63) is 71.9 Å². The number of anilines is 1. The highest BCUT2D eigenvalue weighted by molar-refractivity contribution is 5.81. The molecule has 0 fully saturated rings.